The lowest BCUT2D eigenvalue weighted by molar-refractivity contribution is -0.137. The summed E-state index contributed by atoms with van der Waals surface area (Å²) in [5.41, 5.74) is 1.67. The SMILES string of the molecule is CC(NC(=O)c1cccc(NC2(c3nc(-c4ccncc4)n[nH]3)CCN(C(=O)OC(C)(C)C)CC2)c1)c1cccc(OCCCCCCOCCOCCOCCCC(=O)O)c1. The van der Waals surface area contributed by atoms with Crippen molar-refractivity contribution in [3.05, 3.63) is 90.0 Å². The van der Waals surface area contributed by atoms with E-state index in [4.69, 9.17) is 33.8 Å². The molecule has 1 unspecified atom stereocenters. The third-order valence-electron chi connectivity index (χ3n) is 10.2. The van der Waals surface area contributed by atoms with Crippen LogP contribution in [0.1, 0.15) is 107 Å². The molecule has 0 bridgehead atoms. The predicted molar refractivity (Wildman–Crippen MR) is 234 cm³/mol. The number of piperidine rings is 1. The number of nitrogens with one attached hydrogen (secondary N) is 3. The fraction of sp³-hybridized carbons (Fsp3) is 0.522. The average Bonchev–Trinajstić information content (AvgIpc) is 3.76. The highest BCUT2D eigenvalue weighted by Gasteiger charge is 2.41. The van der Waals surface area contributed by atoms with Gasteiger partial charge in [-0.1, -0.05) is 24.6 Å². The first-order valence-corrected chi connectivity index (χ1v) is 21.6. The molecule has 1 saturated heterocycles. The molecular weight excluding hydrogens is 795 g/mol. The zero-order chi connectivity index (χ0) is 44.2. The minimum Gasteiger partial charge on any atom is -0.494 e. The van der Waals surface area contributed by atoms with Gasteiger partial charge in [0.25, 0.3) is 5.91 Å². The molecule has 1 fully saturated rings. The van der Waals surface area contributed by atoms with Crippen molar-refractivity contribution < 1.29 is 43.2 Å². The Bertz CT molecular complexity index is 1980. The molecular formula is C46H63N7O9. The lowest BCUT2D eigenvalue weighted by atomic mass is 9.86. The molecule has 4 aromatic rings. The Morgan fingerprint density at radius 3 is 2.19 bits per heavy atom. The van der Waals surface area contributed by atoms with Gasteiger partial charge in [-0.05, 0) is 114 Å². The van der Waals surface area contributed by atoms with Crippen LogP contribution in [-0.4, -0.2) is 113 Å². The van der Waals surface area contributed by atoms with E-state index in [2.05, 4.69) is 25.8 Å². The molecule has 2 amide bonds. The molecule has 0 radical (unpaired) electrons. The topological polar surface area (TPSA) is 199 Å². The van der Waals surface area contributed by atoms with Crippen molar-refractivity contribution in [2.75, 3.05) is 64.7 Å². The lowest BCUT2D eigenvalue weighted by Crippen LogP contribution is -2.50. The predicted octanol–water partition coefficient (Wildman–Crippen LogP) is 7.55. The van der Waals surface area contributed by atoms with Crippen LogP contribution in [0.2, 0.25) is 0 Å². The Kier molecular flexibility index (Phi) is 18.5. The summed E-state index contributed by atoms with van der Waals surface area (Å²) in [6, 6.07) is 18.6. The highest BCUT2D eigenvalue weighted by atomic mass is 16.6. The number of aromatic nitrogens is 4. The van der Waals surface area contributed by atoms with Crippen molar-refractivity contribution in [2.24, 2.45) is 0 Å². The van der Waals surface area contributed by atoms with Crippen LogP contribution in [0, 0.1) is 0 Å². The summed E-state index contributed by atoms with van der Waals surface area (Å²) in [6.45, 7) is 12.0. The van der Waals surface area contributed by atoms with Crippen LogP contribution in [0.3, 0.4) is 0 Å². The van der Waals surface area contributed by atoms with Gasteiger partial charge in [0, 0.05) is 61.9 Å². The Labute approximate surface area is 364 Å². The van der Waals surface area contributed by atoms with Crippen LogP contribution in [-0.2, 0) is 29.3 Å². The third-order valence-corrected chi connectivity index (χ3v) is 10.2. The second-order valence-electron chi connectivity index (χ2n) is 16.4. The van der Waals surface area contributed by atoms with E-state index < -0.39 is 17.1 Å². The molecule has 0 saturated carbocycles. The summed E-state index contributed by atoms with van der Waals surface area (Å²) in [7, 11) is 0. The van der Waals surface area contributed by atoms with E-state index >= 15 is 0 Å². The van der Waals surface area contributed by atoms with Gasteiger partial charge in [0.05, 0.1) is 39.1 Å². The number of carboxylic acid groups (broad SMARTS) is 1. The fourth-order valence-corrected chi connectivity index (χ4v) is 6.89. The van der Waals surface area contributed by atoms with Crippen molar-refractivity contribution >= 4 is 23.7 Å². The number of carboxylic acids is 1. The van der Waals surface area contributed by atoms with Gasteiger partial charge in [-0.2, -0.15) is 5.10 Å². The Morgan fingerprint density at radius 2 is 1.50 bits per heavy atom. The summed E-state index contributed by atoms with van der Waals surface area (Å²) in [4.78, 5) is 47.8. The number of nitrogens with zero attached hydrogens (tertiary/aromatic N) is 4. The number of aliphatic carboxylic acids is 1. The number of anilines is 1. The van der Waals surface area contributed by atoms with Gasteiger partial charge in [-0.15, -0.1) is 0 Å². The third kappa shape index (κ3) is 15.7. The Morgan fingerprint density at radius 1 is 0.839 bits per heavy atom. The van der Waals surface area contributed by atoms with Gasteiger partial charge in [0.1, 0.15) is 16.9 Å². The van der Waals surface area contributed by atoms with E-state index in [0.717, 1.165) is 48.2 Å². The molecule has 336 valence electrons. The molecule has 5 rings (SSSR count). The molecule has 62 heavy (non-hydrogen) atoms. The number of unbranched alkanes of at least 4 members (excludes halogenated alkanes) is 3. The van der Waals surface area contributed by atoms with E-state index in [-0.39, 0.29) is 24.5 Å². The van der Waals surface area contributed by atoms with E-state index in [0.29, 0.717) is 95.8 Å². The van der Waals surface area contributed by atoms with Crippen molar-refractivity contribution in [1.29, 1.82) is 0 Å². The van der Waals surface area contributed by atoms with Crippen molar-refractivity contribution in [3.8, 4) is 17.1 Å². The second kappa shape index (κ2) is 24.2. The molecule has 16 nitrogen and oxygen atoms in total. The molecule has 3 heterocycles. The number of carbonyl (C=O) groups is 3. The van der Waals surface area contributed by atoms with Crippen molar-refractivity contribution in [3.63, 3.8) is 0 Å². The number of carbonyl (C=O) groups excluding carboxylic acids is 2. The largest absolute Gasteiger partial charge is 0.494 e. The number of amides is 2. The van der Waals surface area contributed by atoms with Gasteiger partial charge in [-0.25, -0.2) is 9.78 Å². The van der Waals surface area contributed by atoms with Gasteiger partial charge in [0.2, 0.25) is 0 Å². The Hall–Kier alpha value is -5.58. The summed E-state index contributed by atoms with van der Waals surface area (Å²) in [5.74, 6) is 0.905. The number of rotatable bonds is 25. The van der Waals surface area contributed by atoms with Crippen LogP contribution in [0.15, 0.2) is 73.1 Å². The van der Waals surface area contributed by atoms with E-state index in [9.17, 15) is 14.4 Å². The molecule has 1 aliphatic rings. The van der Waals surface area contributed by atoms with E-state index in [1.165, 1.54) is 0 Å². The first-order valence-electron chi connectivity index (χ1n) is 21.6. The molecule has 1 aliphatic heterocycles. The Balaban J connectivity index is 1.06. The standard InChI is InChI=1S/C46H63N7O9/c1-34(36-12-10-15-39(33-36)61-27-8-6-5-7-25-58-28-30-60-31-29-59-26-11-16-40(54)55)48-42(56)37-13-9-14-38(32-37)50-46(19-23-53(24-20-46)44(57)62-45(2,3)4)43-49-41(51-52-43)35-17-21-47-22-18-35/h9-10,12-15,17-18,21-22,32-34,50H,5-8,11,16,19-20,23-31H2,1-4H3,(H,48,56)(H,54,55)(H,49,51,52). The molecule has 4 N–H and O–H groups in total. The van der Waals surface area contributed by atoms with Gasteiger partial charge < -0.3 is 44.3 Å². The second-order valence-corrected chi connectivity index (χ2v) is 16.4. The fourth-order valence-electron chi connectivity index (χ4n) is 6.89. The quantitative estimate of drug-likeness (QED) is 0.0477. The maximum absolute atomic E-state index is 13.7. The smallest absolute Gasteiger partial charge is 0.410 e. The number of aromatic amines is 1. The van der Waals surface area contributed by atoms with Gasteiger partial charge in [-0.3, -0.25) is 19.7 Å². The van der Waals surface area contributed by atoms with Crippen LogP contribution in [0.25, 0.3) is 11.4 Å². The average molecular weight is 858 g/mol. The zero-order valence-corrected chi connectivity index (χ0v) is 36.5. The summed E-state index contributed by atoms with van der Waals surface area (Å²) >= 11 is 0. The van der Waals surface area contributed by atoms with Crippen molar-refractivity contribution in [1.82, 2.24) is 30.4 Å². The first-order chi connectivity index (χ1) is 29.9. The minimum atomic E-state index is -0.813. The number of pyridine rings is 1. The van der Waals surface area contributed by atoms with Crippen LogP contribution >= 0.6 is 0 Å². The number of hydrogen-bond acceptors (Lipinski definition) is 12. The normalized spacial score (nSPS) is 14.2. The van der Waals surface area contributed by atoms with Crippen LogP contribution in [0.4, 0.5) is 10.5 Å². The molecule has 16 heteroatoms. The highest BCUT2D eigenvalue weighted by Crippen LogP contribution is 2.36. The monoisotopic (exact) mass is 857 g/mol. The van der Waals surface area contributed by atoms with E-state index in [1.807, 2.05) is 82.3 Å². The molecule has 2 aromatic carbocycles. The molecule has 0 spiro atoms. The highest BCUT2D eigenvalue weighted by molar-refractivity contribution is 5.95. The number of benzene rings is 2. The molecule has 2 aromatic heterocycles. The minimum absolute atomic E-state index is 0.115. The number of hydrogen-bond donors (Lipinski definition) is 4. The van der Waals surface area contributed by atoms with Gasteiger partial charge in [0.15, 0.2) is 11.6 Å². The van der Waals surface area contributed by atoms with Crippen LogP contribution in [0.5, 0.6) is 5.75 Å². The zero-order valence-electron chi connectivity index (χ0n) is 36.5. The maximum Gasteiger partial charge on any atom is 0.410 e. The van der Waals surface area contributed by atoms with E-state index in [1.54, 1.807) is 23.4 Å². The summed E-state index contributed by atoms with van der Waals surface area (Å²) in [5, 5.41) is 23.1. The summed E-state index contributed by atoms with van der Waals surface area (Å²) in [6.07, 6.45) is 8.64. The van der Waals surface area contributed by atoms with Gasteiger partial charge >= 0.3 is 12.1 Å². The maximum atomic E-state index is 13.7. The first kappa shape index (κ1) is 47.5. The number of H-pyrrole nitrogens is 1. The molecule has 0 aliphatic carbocycles. The molecule has 1 atom stereocenters. The summed E-state index contributed by atoms with van der Waals surface area (Å²) < 4.78 is 28.2. The number of likely N-dealkylation sites (tertiary alicyclic amines) is 1. The van der Waals surface area contributed by atoms with Crippen LogP contribution < -0.4 is 15.4 Å². The van der Waals surface area contributed by atoms with Crippen molar-refractivity contribution in [2.45, 2.75) is 96.2 Å². The lowest BCUT2D eigenvalue weighted by Gasteiger charge is -2.41. The number of ether oxygens (including phenoxy) is 5.